The van der Waals surface area contributed by atoms with E-state index < -0.39 is 0 Å². The van der Waals surface area contributed by atoms with E-state index in [1.165, 1.54) is 51.7 Å². The minimum atomic E-state index is 0.630. The van der Waals surface area contributed by atoms with E-state index in [9.17, 15) is 0 Å². The Balaban J connectivity index is 2.01. The van der Waals surface area contributed by atoms with Gasteiger partial charge >= 0.3 is 0 Å². The largest absolute Gasteiger partial charge is 0.330 e. The molecule has 0 aliphatic carbocycles. The van der Waals surface area contributed by atoms with Gasteiger partial charge in [0.05, 0.1) is 0 Å². The highest BCUT2D eigenvalue weighted by atomic mass is 15.1. The maximum Gasteiger partial charge on any atom is 0.00385 e. The van der Waals surface area contributed by atoms with Crippen LogP contribution in [0.5, 0.6) is 0 Å². The number of hydrogen-bond donors (Lipinski definition) is 1. The summed E-state index contributed by atoms with van der Waals surface area (Å²) in [6.45, 7) is 4.90. The molecule has 12 heavy (non-hydrogen) atoms. The summed E-state index contributed by atoms with van der Waals surface area (Å²) >= 11 is 0. The normalized spacial score (nSPS) is 41.2. The molecular formula is C10H20N2. The van der Waals surface area contributed by atoms with Gasteiger partial charge in [-0.2, -0.15) is 0 Å². The van der Waals surface area contributed by atoms with Crippen molar-refractivity contribution in [3.8, 4) is 0 Å². The average Bonchev–Trinajstić information content (AvgIpc) is 2.04. The lowest BCUT2D eigenvalue weighted by molar-refractivity contribution is 0.0332. The summed E-state index contributed by atoms with van der Waals surface area (Å²) in [6.07, 6.45) is 6.92. The van der Waals surface area contributed by atoms with Gasteiger partial charge in [-0.05, 0) is 57.2 Å². The number of nitrogens with zero attached hydrogens (tertiary/aromatic N) is 1. The second-order valence-electron chi connectivity index (χ2n) is 4.52. The molecule has 2 fully saturated rings. The van der Waals surface area contributed by atoms with Gasteiger partial charge in [0.15, 0.2) is 0 Å². The van der Waals surface area contributed by atoms with Crippen LogP contribution in [0.2, 0.25) is 0 Å². The van der Waals surface area contributed by atoms with Crippen LogP contribution in [0, 0.1) is 5.41 Å². The van der Waals surface area contributed by atoms with Gasteiger partial charge in [0, 0.05) is 6.54 Å². The Hall–Kier alpha value is -0.0800. The summed E-state index contributed by atoms with van der Waals surface area (Å²) in [7, 11) is 0. The van der Waals surface area contributed by atoms with Gasteiger partial charge in [0.25, 0.3) is 0 Å². The monoisotopic (exact) mass is 168 g/mol. The Morgan fingerprint density at radius 1 is 1.17 bits per heavy atom. The van der Waals surface area contributed by atoms with E-state index in [2.05, 4.69) is 4.90 Å². The van der Waals surface area contributed by atoms with Gasteiger partial charge in [-0.3, -0.25) is 0 Å². The predicted molar refractivity (Wildman–Crippen MR) is 51.0 cm³/mol. The zero-order valence-corrected chi connectivity index (χ0v) is 7.89. The Labute approximate surface area is 75.1 Å². The fourth-order valence-corrected chi connectivity index (χ4v) is 3.02. The molecule has 2 aliphatic heterocycles. The lowest BCUT2D eigenvalue weighted by Gasteiger charge is -2.47. The molecule has 0 spiro atoms. The molecule has 0 aromatic carbocycles. The first-order valence-corrected chi connectivity index (χ1v) is 5.27. The van der Waals surface area contributed by atoms with Crippen LogP contribution < -0.4 is 5.73 Å². The van der Waals surface area contributed by atoms with Crippen molar-refractivity contribution in [2.45, 2.75) is 32.1 Å². The fourth-order valence-electron chi connectivity index (χ4n) is 3.02. The molecule has 2 heteroatoms. The van der Waals surface area contributed by atoms with Gasteiger partial charge in [-0.1, -0.05) is 0 Å². The number of rotatable bonds is 2. The molecule has 0 aromatic heterocycles. The molecule has 2 saturated heterocycles. The minimum Gasteiger partial charge on any atom is -0.330 e. The Kier molecular flexibility index (Phi) is 2.37. The summed E-state index contributed by atoms with van der Waals surface area (Å²) < 4.78 is 0. The van der Waals surface area contributed by atoms with Gasteiger partial charge in [0.2, 0.25) is 0 Å². The number of nitrogens with two attached hydrogens (primary N) is 1. The second kappa shape index (κ2) is 3.35. The van der Waals surface area contributed by atoms with Gasteiger partial charge in [-0.15, -0.1) is 0 Å². The van der Waals surface area contributed by atoms with Crippen molar-refractivity contribution in [1.29, 1.82) is 0 Å². The van der Waals surface area contributed by atoms with E-state index >= 15 is 0 Å². The van der Waals surface area contributed by atoms with Crippen LogP contribution in [0.3, 0.4) is 0 Å². The molecule has 2 N–H and O–H groups in total. The summed E-state index contributed by atoms with van der Waals surface area (Å²) in [5.74, 6) is 0. The molecular weight excluding hydrogens is 148 g/mol. The minimum absolute atomic E-state index is 0.630. The highest BCUT2D eigenvalue weighted by Crippen LogP contribution is 2.40. The van der Waals surface area contributed by atoms with Crippen molar-refractivity contribution in [2.24, 2.45) is 11.1 Å². The van der Waals surface area contributed by atoms with E-state index in [4.69, 9.17) is 5.73 Å². The second-order valence-corrected chi connectivity index (χ2v) is 4.52. The molecule has 2 aliphatic rings. The van der Waals surface area contributed by atoms with Gasteiger partial charge < -0.3 is 10.6 Å². The quantitative estimate of drug-likeness (QED) is 0.671. The highest BCUT2D eigenvalue weighted by Gasteiger charge is 2.36. The molecule has 0 amide bonds. The Morgan fingerprint density at radius 3 is 2.42 bits per heavy atom. The van der Waals surface area contributed by atoms with E-state index in [1.807, 2.05) is 0 Å². The number of fused-ring (bicyclic) bond motifs is 2. The zero-order valence-electron chi connectivity index (χ0n) is 7.89. The summed E-state index contributed by atoms with van der Waals surface area (Å²) in [5, 5.41) is 0. The molecule has 2 rings (SSSR count). The van der Waals surface area contributed by atoms with Crippen molar-refractivity contribution in [1.82, 2.24) is 4.90 Å². The lowest BCUT2D eigenvalue weighted by atomic mass is 9.71. The highest BCUT2D eigenvalue weighted by molar-refractivity contribution is 4.90. The van der Waals surface area contributed by atoms with Gasteiger partial charge in [-0.25, -0.2) is 0 Å². The van der Waals surface area contributed by atoms with Crippen LogP contribution in [0.15, 0.2) is 0 Å². The van der Waals surface area contributed by atoms with E-state index in [0.29, 0.717) is 5.41 Å². The topological polar surface area (TPSA) is 29.3 Å². The Morgan fingerprint density at radius 2 is 1.83 bits per heavy atom. The van der Waals surface area contributed by atoms with Crippen molar-refractivity contribution >= 4 is 0 Å². The fraction of sp³-hybridized carbons (Fsp3) is 1.00. The molecule has 70 valence electrons. The smallest absolute Gasteiger partial charge is 0.00385 e. The number of hydrogen-bond acceptors (Lipinski definition) is 2. The first-order chi connectivity index (χ1) is 5.85. The maximum absolute atomic E-state index is 5.67. The first kappa shape index (κ1) is 8.52. The number of piperidine rings is 2. The third-order valence-corrected chi connectivity index (χ3v) is 3.60. The zero-order chi connectivity index (χ0) is 8.44. The lowest BCUT2D eigenvalue weighted by Crippen LogP contribution is -2.48. The molecule has 0 aromatic rings. The third-order valence-electron chi connectivity index (χ3n) is 3.60. The van der Waals surface area contributed by atoms with Crippen molar-refractivity contribution in [3.05, 3.63) is 0 Å². The van der Waals surface area contributed by atoms with E-state index in [1.54, 1.807) is 0 Å². The van der Waals surface area contributed by atoms with Crippen molar-refractivity contribution < 1.29 is 0 Å². The van der Waals surface area contributed by atoms with Crippen LogP contribution in [-0.2, 0) is 0 Å². The molecule has 0 atom stereocenters. The third kappa shape index (κ3) is 1.50. The van der Waals surface area contributed by atoms with Crippen LogP contribution in [0.25, 0.3) is 0 Å². The molecule has 0 saturated carbocycles. The van der Waals surface area contributed by atoms with Crippen molar-refractivity contribution in [2.75, 3.05) is 26.2 Å². The molecule has 2 nitrogen and oxygen atoms in total. The average molecular weight is 168 g/mol. The standard InChI is InChI=1S/C10H20N2/c11-6-5-10-3-1-7-12(9-10)8-2-4-10/h1-9,11H2. The van der Waals surface area contributed by atoms with Crippen LogP contribution in [0.4, 0.5) is 0 Å². The molecule has 0 radical (unpaired) electrons. The summed E-state index contributed by atoms with van der Waals surface area (Å²) in [6, 6.07) is 0. The van der Waals surface area contributed by atoms with Gasteiger partial charge in [0.1, 0.15) is 0 Å². The van der Waals surface area contributed by atoms with Crippen LogP contribution in [-0.4, -0.2) is 31.1 Å². The van der Waals surface area contributed by atoms with Crippen molar-refractivity contribution in [3.63, 3.8) is 0 Å². The maximum atomic E-state index is 5.67. The van der Waals surface area contributed by atoms with Crippen LogP contribution >= 0.6 is 0 Å². The van der Waals surface area contributed by atoms with E-state index in [-0.39, 0.29) is 0 Å². The summed E-state index contributed by atoms with van der Waals surface area (Å²) in [5.41, 5.74) is 6.30. The predicted octanol–water partition coefficient (Wildman–Crippen LogP) is 1.21. The molecule has 2 heterocycles. The summed E-state index contributed by atoms with van der Waals surface area (Å²) in [4.78, 5) is 2.63. The first-order valence-electron chi connectivity index (χ1n) is 5.27. The Bertz CT molecular complexity index is 140. The molecule has 0 unspecified atom stereocenters. The van der Waals surface area contributed by atoms with Crippen LogP contribution in [0.1, 0.15) is 32.1 Å². The SMILES string of the molecule is NCCC12CCCN(CCC1)C2. The molecule has 2 bridgehead atoms. The van der Waals surface area contributed by atoms with E-state index in [0.717, 1.165) is 6.54 Å².